The van der Waals surface area contributed by atoms with E-state index in [1.54, 1.807) is 12.3 Å². The number of anilines is 2. The quantitative estimate of drug-likeness (QED) is 0.806. The average Bonchev–Trinajstić information content (AvgIpc) is 2.58. The third-order valence-corrected chi connectivity index (χ3v) is 4.76. The van der Waals surface area contributed by atoms with Gasteiger partial charge in [0.2, 0.25) is 5.95 Å². The summed E-state index contributed by atoms with van der Waals surface area (Å²) in [6, 6.07) is 7.78. The second-order valence-electron chi connectivity index (χ2n) is 6.16. The van der Waals surface area contributed by atoms with E-state index in [4.69, 9.17) is 0 Å². The van der Waals surface area contributed by atoms with E-state index < -0.39 is 0 Å². The Bertz CT molecular complexity index is 729. The maximum absolute atomic E-state index is 12.5. The molecule has 0 aliphatic heterocycles. The summed E-state index contributed by atoms with van der Waals surface area (Å²) in [4.78, 5) is 21.1. The van der Waals surface area contributed by atoms with Crippen molar-refractivity contribution >= 4 is 33.5 Å². The van der Waals surface area contributed by atoms with Crippen molar-refractivity contribution in [3.8, 4) is 0 Å². The summed E-state index contributed by atoms with van der Waals surface area (Å²) in [7, 11) is 0. The summed E-state index contributed by atoms with van der Waals surface area (Å²) >= 11 is 3.42. The first-order valence-electron chi connectivity index (χ1n) is 8.29. The predicted molar refractivity (Wildman–Crippen MR) is 99.4 cm³/mol. The lowest BCUT2D eigenvalue weighted by atomic mass is 9.96. The van der Waals surface area contributed by atoms with Crippen LogP contribution in [0.4, 0.5) is 11.6 Å². The summed E-state index contributed by atoms with van der Waals surface area (Å²) in [6.45, 7) is 1.95. The standard InChI is InChI=1S/C18H21BrN4O/c1-12-11-13(19)7-8-15(12)22-17(24)16-9-10-20-18(23-16)21-14-5-3-2-4-6-14/h7-11,14H,2-6H2,1H3,(H,22,24)(H,20,21,23). The van der Waals surface area contributed by atoms with E-state index in [0.717, 1.165) is 28.6 Å². The number of aromatic nitrogens is 2. The average molecular weight is 389 g/mol. The van der Waals surface area contributed by atoms with Crippen LogP contribution in [0.1, 0.15) is 48.2 Å². The highest BCUT2D eigenvalue weighted by molar-refractivity contribution is 9.10. The Balaban J connectivity index is 1.69. The summed E-state index contributed by atoms with van der Waals surface area (Å²) in [5.74, 6) is 0.302. The van der Waals surface area contributed by atoms with Gasteiger partial charge in [0.05, 0.1) is 0 Å². The molecule has 1 aromatic heterocycles. The van der Waals surface area contributed by atoms with Crippen LogP contribution in [0.2, 0.25) is 0 Å². The first-order chi connectivity index (χ1) is 11.6. The van der Waals surface area contributed by atoms with Crippen molar-refractivity contribution in [2.24, 2.45) is 0 Å². The van der Waals surface area contributed by atoms with Crippen LogP contribution >= 0.6 is 15.9 Å². The van der Waals surface area contributed by atoms with Crippen LogP contribution in [0.5, 0.6) is 0 Å². The summed E-state index contributed by atoms with van der Waals surface area (Å²) < 4.78 is 0.985. The van der Waals surface area contributed by atoms with E-state index in [-0.39, 0.29) is 5.91 Å². The van der Waals surface area contributed by atoms with Crippen molar-refractivity contribution in [3.63, 3.8) is 0 Å². The number of benzene rings is 1. The van der Waals surface area contributed by atoms with Crippen molar-refractivity contribution in [2.45, 2.75) is 45.1 Å². The van der Waals surface area contributed by atoms with Crippen LogP contribution < -0.4 is 10.6 Å². The van der Waals surface area contributed by atoms with Crippen LogP contribution in [0.3, 0.4) is 0 Å². The van der Waals surface area contributed by atoms with Crippen LogP contribution in [-0.4, -0.2) is 21.9 Å². The molecule has 0 saturated heterocycles. The number of rotatable bonds is 4. The van der Waals surface area contributed by atoms with Gasteiger partial charge in [0.15, 0.2) is 0 Å². The Hall–Kier alpha value is -1.95. The molecule has 0 bridgehead atoms. The molecule has 1 aliphatic rings. The third kappa shape index (κ3) is 4.32. The zero-order valence-corrected chi connectivity index (χ0v) is 15.3. The van der Waals surface area contributed by atoms with E-state index in [2.05, 4.69) is 36.5 Å². The minimum atomic E-state index is -0.227. The van der Waals surface area contributed by atoms with Crippen molar-refractivity contribution in [2.75, 3.05) is 10.6 Å². The fourth-order valence-corrected chi connectivity index (χ4v) is 3.41. The van der Waals surface area contributed by atoms with Gasteiger partial charge < -0.3 is 10.6 Å². The summed E-state index contributed by atoms with van der Waals surface area (Å²) in [5, 5.41) is 6.26. The molecular formula is C18H21BrN4O. The normalized spacial score (nSPS) is 15.1. The minimum absolute atomic E-state index is 0.227. The molecule has 2 N–H and O–H groups in total. The van der Waals surface area contributed by atoms with Gasteiger partial charge in [-0.15, -0.1) is 0 Å². The largest absolute Gasteiger partial charge is 0.351 e. The van der Waals surface area contributed by atoms with Gasteiger partial charge in [-0.05, 0) is 49.6 Å². The zero-order chi connectivity index (χ0) is 16.9. The van der Waals surface area contributed by atoms with Gasteiger partial charge in [-0.25, -0.2) is 9.97 Å². The second kappa shape index (κ2) is 7.75. The molecule has 24 heavy (non-hydrogen) atoms. The number of hydrogen-bond donors (Lipinski definition) is 2. The molecule has 2 aromatic rings. The van der Waals surface area contributed by atoms with Gasteiger partial charge in [-0.3, -0.25) is 4.79 Å². The molecule has 1 aliphatic carbocycles. The highest BCUT2D eigenvalue weighted by atomic mass is 79.9. The first-order valence-corrected chi connectivity index (χ1v) is 9.08. The van der Waals surface area contributed by atoms with E-state index in [1.165, 1.54) is 19.3 Å². The van der Waals surface area contributed by atoms with Gasteiger partial charge in [0.25, 0.3) is 5.91 Å². The lowest BCUT2D eigenvalue weighted by Gasteiger charge is -2.22. The van der Waals surface area contributed by atoms with E-state index in [0.29, 0.717) is 17.7 Å². The molecule has 1 aromatic carbocycles. The topological polar surface area (TPSA) is 66.9 Å². The van der Waals surface area contributed by atoms with Gasteiger partial charge in [0, 0.05) is 22.4 Å². The maximum Gasteiger partial charge on any atom is 0.274 e. The molecule has 1 fully saturated rings. The van der Waals surface area contributed by atoms with E-state index in [9.17, 15) is 4.79 Å². The summed E-state index contributed by atoms with van der Waals surface area (Å²) in [6.07, 6.45) is 7.67. The molecule has 1 heterocycles. The zero-order valence-electron chi connectivity index (χ0n) is 13.7. The van der Waals surface area contributed by atoms with Crippen molar-refractivity contribution in [3.05, 3.63) is 46.2 Å². The lowest BCUT2D eigenvalue weighted by Crippen LogP contribution is -2.24. The molecule has 5 nitrogen and oxygen atoms in total. The molecule has 1 saturated carbocycles. The molecule has 126 valence electrons. The van der Waals surface area contributed by atoms with Gasteiger partial charge in [0.1, 0.15) is 5.69 Å². The Morgan fingerprint density at radius 2 is 2.00 bits per heavy atom. The number of carbonyl (C=O) groups is 1. The summed E-state index contributed by atoms with van der Waals surface area (Å²) in [5.41, 5.74) is 2.14. The number of nitrogens with zero attached hydrogens (tertiary/aromatic N) is 2. The minimum Gasteiger partial charge on any atom is -0.351 e. The fourth-order valence-electron chi connectivity index (χ4n) is 2.94. The highest BCUT2D eigenvalue weighted by Gasteiger charge is 2.15. The molecule has 6 heteroatoms. The number of carbonyl (C=O) groups excluding carboxylic acids is 1. The van der Waals surface area contributed by atoms with Crippen molar-refractivity contribution in [1.82, 2.24) is 9.97 Å². The van der Waals surface area contributed by atoms with Crippen molar-refractivity contribution < 1.29 is 4.79 Å². The Morgan fingerprint density at radius 1 is 1.21 bits per heavy atom. The van der Waals surface area contributed by atoms with Crippen LogP contribution in [0, 0.1) is 6.92 Å². The molecule has 0 radical (unpaired) electrons. The SMILES string of the molecule is Cc1cc(Br)ccc1NC(=O)c1ccnc(NC2CCCCC2)n1. The number of nitrogens with one attached hydrogen (secondary N) is 2. The maximum atomic E-state index is 12.5. The van der Waals surface area contributed by atoms with Gasteiger partial charge in [-0.2, -0.15) is 0 Å². The number of amides is 1. The predicted octanol–water partition coefficient (Wildman–Crippen LogP) is 4.54. The Kier molecular flexibility index (Phi) is 5.45. The fraction of sp³-hybridized carbons (Fsp3) is 0.389. The highest BCUT2D eigenvalue weighted by Crippen LogP contribution is 2.22. The Morgan fingerprint density at radius 3 is 2.75 bits per heavy atom. The van der Waals surface area contributed by atoms with Crippen LogP contribution in [-0.2, 0) is 0 Å². The first kappa shape index (κ1) is 16.9. The van der Waals surface area contributed by atoms with E-state index >= 15 is 0 Å². The molecule has 3 rings (SSSR count). The lowest BCUT2D eigenvalue weighted by molar-refractivity contribution is 0.102. The monoisotopic (exact) mass is 388 g/mol. The molecule has 0 atom stereocenters. The van der Waals surface area contributed by atoms with Crippen molar-refractivity contribution in [1.29, 1.82) is 0 Å². The number of hydrogen-bond acceptors (Lipinski definition) is 4. The molecule has 0 spiro atoms. The smallest absolute Gasteiger partial charge is 0.274 e. The van der Waals surface area contributed by atoms with Gasteiger partial charge in [-0.1, -0.05) is 35.2 Å². The number of halogens is 1. The van der Waals surface area contributed by atoms with E-state index in [1.807, 2.05) is 25.1 Å². The van der Waals surface area contributed by atoms with Crippen LogP contribution in [0.25, 0.3) is 0 Å². The molecule has 1 amide bonds. The van der Waals surface area contributed by atoms with Gasteiger partial charge >= 0.3 is 0 Å². The Labute approximate surface area is 150 Å². The molecular weight excluding hydrogens is 368 g/mol. The molecule has 0 unspecified atom stereocenters. The third-order valence-electron chi connectivity index (χ3n) is 4.26. The van der Waals surface area contributed by atoms with Crippen LogP contribution in [0.15, 0.2) is 34.9 Å². The number of aryl methyl sites for hydroxylation is 1. The second-order valence-corrected chi connectivity index (χ2v) is 7.07.